The van der Waals surface area contributed by atoms with E-state index in [2.05, 4.69) is 11.8 Å². The summed E-state index contributed by atoms with van der Waals surface area (Å²) in [6.07, 6.45) is 1.99. The van der Waals surface area contributed by atoms with Crippen LogP contribution in [0.4, 0.5) is 10.1 Å². The third kappa shape index (κ3) is 3.33. The van der Waals surface area contributed by atoms with Gasteiger partial charge in [0.2, 0.25) is 0 Å². The number of piperidine rings is 1. The zero-order chi connectivity index (χ0) is 19.8. The standard InChI is InChI=1S/C23H23FN2O2/c1-14-3-5-16(6-4-14)21-22(26-11-9-15(2)10-12-26)20(23(27)28)18-13-17(24)7-8-19(18)25-21/h3-8,13,15H,9-12H2,1-2H3,(H,27,28). The second-order valence-corrected chi connectivity index (χ2v) is 7.69. The van der Waals surface area contributed by atoms with Crippen molar-refractivity contribution < 1.29 is 14.3 Å². The molecule has 0 saturated carbocycles. The van der Waals surface area contributed by atoms with Crippen molar-refractivity contribution in [3.05, 3.63) is 59.4 Å². The van der Waals surface area contributed by atoms with Gasteiger partial charge < -0.3 is 10.0 Å². The third-order valence-corrected chi connectivity index (χ3v) is 5.56. The van der Waals surface area contributed by atoms with Gasteiger partial charge in [0.25, 0.3) is 0 Å². The highest BCUT2D eigenvalue weighted by molar-refractivity contribution is 6.10. The maximum atomic E-state index is 13.9. The zero-order valence-corrected chi connectivity index (χ0v) is 16.1. The molecular formula is C23H23FN2O2. The van der Waals surface area contributed by atoms with Gasteiger partial charge in [0.05, 0.1) is 22.5 Å². The number of halogens is 1. The van der Waals surface area contributed by atoms with E-state index in [4.69, 9.17) is 4.98 Å². The van der Waals surface area contributed by atoms with E-state index in [-0.39, 0.29) is 5.56 Å². The monoisotopic (exact) mass is 378 g/mol. The lowest BCUT2D eigenvalue weighted by molar-refractivity contribution is 0.0699. The van der Waals surface area contributed by atoms with Gasteiger partial charge in [-0.2, -0.15) is 0 Å². The molecule has 0 radical (unpaired) electrons. The summed E-state index contributed by atoms with van der Waals surface area (Å²) in [7, 11) is 0. The Kier molecular flexibility index (Phi) is 4.75. The predicted molar refractivity (Wildman–Crippen MR) is 109 cm³/mol. The van der Waals surface area contributed by atoms with Gasteiger partial charge in [-0.05, 0) is 43.9 Å². The van der Waals surface area contributed by atoms with Gasteiger partial charge >= 0.3 is 5.97 Å². The molecule has 0 aliphatic carbocycles. The average molecular weight is 378 g/mol. The van der Waals surface area contributed by atoms with Crippen molar-refractivity contribution in [2.24, 2.45) is 5.92 Å². The van der Waals surface area contributed by atoms with Crippen molar-refractivity contribution in [1.29, 1.82) is 0 Å². The normalized spacial score (nSPS) is 15.2. The molecule has 28 heavy (non-hydrogen) atoms. The molecule has 2 heterocycles. The van der Waals surface area contributed by atoms with E-state index in [0.717, 1.165) is 37.1 Å². The Bertz CT molecular complexity index is 1040. The number of pyridine rings is 1. The van der Waals surface area contributed by atoms with E-state index in [1.54, 1.807) is 6.07 Å². The molecule has 0 spiro atoms. The highest BCUT2D eigenvalue weighted by Gasteiger charge is 2.28. The predicted octanol–water partition coefficient (Wildman–Crippen LogP) is 5.28. The number of rotatable bonds is 3. The van der Waals surface area contributed by atoms with Gasteiger partial charge in [-0.1, -0.05) is 36.8 Å². The van der Waals surface area contributed by atoms with Crippen molar-refractivity contribution in [1.82, 2.24) is 4.98 Å². The fourth-order valence-corrected chi connectivity index (χ4v) is 3.89. The Morgan fingerprint density at radius 3 is 2.46 bits per heavy atom. The fraction of sp³-hybridized carbons (Fsp3) is 0.304. The SMILES string of the molecule is Cc1ccc(-c2nc3ccc(F)cc3c(C(=O)O)c2N2CCC(C)CC2)cc1. The van der Waals surface area contributed by atoms with E-state index in [1.807, 2.05) is 31.2 Å². The molecule has 2 aromatic carbocycles. The molecule has 1 fully saturated rings. The van der Waals surface area contributed by atoms with E-state index >= 15 is 0 Å². The molecule has 1 aliphatic heterocycles. The molecule has 5 heteroatoms. The third-order valence-electron chi connectivity index (χ3n) is 5.56. The summed E-state index contributed by atoms with van der Waals surface area (Å²) >= 11 is 0. The maximum Gasteiger partial charge on any atom is 0.338 e. The quantitative estimate of drug-likeness (QED) is 0.673. The number of fused-ring (bicyclic) bond motifs is 1. The Morgan fingerprint density at radius 2 is 1.82 bits per heavy atom. The first-order chi connectivity index (χ1) is 13.4. The molecule has 0 amide bonds. The van der Waals surface area contributed by atoms with Crippen LogP contribution in [0.25, 0.3) is 22.2 Å². The lowest BCUT2D eigenvalue weighted by Crippen LogP contribution is -2.34. The average Bonchev–Trinajstić information content (AvgIpc) is 2.68. The van der Waals surface area contributed by atoms with E-state index in [0.29, 0.717) is 28.2 Å². The number of hydrogen-bond donors (Lipinski definition) is 1. The highest BCUT2D eigenvalue weighted by atomic mass is 19.1. The Hall–Kier alpha value is -2.95. The van der Waals surface area contributed by atoms with Crippen LogP contribution < -0.4 is 4.90 Å². The van der Waals surface area contributed by atoms with Gasteiger partial charge in [0, 0.05) is 24.0 Å². The van der Waals surface area contributed by atoms with E-state index in [9.17, 15) is 14.3 Å². The van der Waals surface area contributed by atoms with Gasteiger partial charge in [0.15, 0.2) is 0 Å². The van der Waals surface area contributed by atoms with Gasteiger partial charge in [0.1, 0.15) is 5.82 Å². The second-order valence-electron chi connectivity index (χ2n) is 7.69. The zero-order valence-electron chi connectivity index (χ0n) is 16.1. The van der Waals surface area contributed by atoms with Crippen LogP contribution >= 0.6 is 0 Å². The highest BCUT2D eigenvalue weighted by Crippen LogP contribution is 2.39. The molecule has 1 aliphatic rings. The summed E-state index contributed by atoms with van der Waals surface area (Å²) in [5, 5.41) is 10.4. The number of aromatic carboxylic acids is 1. The summed E-state index contributed by atoms with van der Waals surface area (Å²) in [4.78, 5) is 19.2. The molecule has 0 unspecified atom stereocenters. The number of nitrogens with zero attached hydrogens (tertiary/aromatic N) is 2. The van der Waals surface area contributed by atoms with Crippen molar-refractivity contribution >= 4 is 22.6 Å². The first-order valence-corrected chi connectivity index (χ1v) is 9.62. The van der Waals surface area contributed by atoms with Crippen molar-refractivity contribution in [3.8, 4) is 11.3 Å². The van der Waals surface area contributed by atoms with Gasteiger partial charge in [-0.25, -0.2) is 14.2 Å². The van der Waals surface area contributed by atoms with Crippen LogP contribution in [-0.2, 0) is 0 Å². The van der Waals surface area contributed by atoms with Gasteiger partial charge in [-0.15, -0.1) is 0 Å². The fourth-order valence-electron chi connectivity index (χ4n) is 3.89. The van der Waals surface area contributed by atoms with Gasteiger partial charge in [-0.3, -0.25) is 0 Å². The summed E-state index contributed by atoms with van der Waals surface area (Å²) in [6, 6.07) is 12.1. The molecule has 3 aromatic rings. The molecule has 1 saturated heterocycles. The number of benzene rings is 2. The molecule has 4 rings (SSSR count). The van der Waals surface area contributed by atoms with Crippen LogP contribution in [0.15, 0.2) is 42.5 Å². The number of carbonyl (C=O) groups is 1. The number of hydrogen-bond acceptors (Lipinski definition) is 3. The maximum absolute atomic E-state index is 13.9. The number of aryl methyl sites for hydroxylation is 1. The number of carboxylic acids is 1. The molecule has 0 atom stereocenters. The first kappa shape index (κ1) is 18.4. The smallest absolute Gasteiger partial charge is 0.338 e. The number of carboxylic acid groups (broad SMARTS) is 1. The van der Waals surface area contributed by atoms with Crippen LogP contribution in [0.2, 0.25) is 0 Å². The van der Waals surface area contributed by atoms with E-state index < -0.39 is 11.8 Å². The van der Waals surface area contributed by atoms with Crippen LogP contribution in [0.5, 0.6) is 0 Å². The Morgan fingerprint density at radius 1 is 1.14 bits per heavy atom. The lowest BCUT2D eigenvalue weighted by atomic mass is 9.95. The summed E-state index contributed by atoms with van der Waals surface area (Å²) < 4.78 is 13.9. The van der Waals surface area contributed by atoms with Crippen molar-refractivity contribution in [2.75, 3.05) is 18.0 Å². The second kappa shape index (κ2) is 7.23. The molecule has 0 bridgehead atoms. The number of anilines is 1. The number of aromatic nitrogens is 1. The van der Waals surface area contributed by atoms with Crippen LogP contribution in [0.3, 0.4) is 0 Å². The minimum Gasteiger partial charge on any atom is -0.478 e. The summed E-state index contributed by atoms with van der Waals surface area (Å²) in [5.74, 6) is -0.906. The molecule has 1 aromatic heterocycles. The van der Waals surface area contributed by atoms with Crippen molar-refractivity contribution in [3.63, 3.8) is 0 Å². The van der Waals surface area contributed by atoms with E-state index in [1.165, 1.54) is 12.1 Å². The van der Waals surface area contributed by atoms with Crippen LogP contribution in [0.1, 0.15) is 35.7 Å². The molecule has 144 valence electrons. The molecule has 4 nitrogen and oxygen atoms in total. The lowest BCUT2D eigenvalue weighted by Gasteiger charge is -2.34. The Labute approximate surface area is 163 Å². The minimum atomic E-state index is -1.06. The Balaban J connectivity index is 2.03. The summed E-state index contributed by atoms with van der Waals surface area (Å²) in [6.45, 7) is 5.76. The van der Waals surface area contributed by atoms with Crippen molar-refractivity contribution in [2.45, 2.75) is 26.7 Å². The van der Waals surface area contributed by atoms with Crippen LogP contribution in [0, 0.1) is 18.7 Å². The topological polar surface area (TPSA) is 53.4 Å². The van der Waals surface area contributed by atoms with Crippen LogP contribution in [-0.4, -0.2) is 29.1 Å². The molecule has 1 N–H and O–H groups in total. The molecular weight excluding hydrogens is 355 g/mol. The minimum absolute atomic E-state index is 0.134. The largest absolute Gasteiger partial charge is 0.478 e. The first-order valence-electron chi connectivity index (χ1n) is 9.62. The summed E-state index contributed by atoms with van der Waals surface area (Å²) in [5.41, 5.74) is 3.86.